The quantitative estimate of drug-likeness (QED) is 0.221. The Balaban J connectivity index is 2.03. The molecule has 9 heteroatoms. The van der Waals surface area contributed by atoms with Crippen LogP contribution in [0.25, 0.3) is 0 Å². The number of carbonyl (C=O) groups excluding carboxylic acids is 4. The lowest BCUT2D eigenvalue weighted by molar-refractivity contribution is -0.152. The van der Waals surface area contributed by atoms with Crippen LogP contribution in [0.15, 0.2) is 59.4 Å². The van der Waals surface area contributed by atoms with Crippen LogP contribution in [0.5, 0.6) is 0 Å². The lowest BCUT2D eigenvalue weighted by atomic mass is 9.54. The van der Waals surface area contributed by atoms with Gasteiger partial charge in [-0.15, -0.1) is 13.2 Å². The van der Waals surface area contributed by atoms with Gasteiger partial charge >= 0.3 is 11.9 Å². The number of ketones is 2. The van der Waals surface area contributed by atoms with E-state index in [1.54, 1.807) is 23.3 Å². The number of aliphatic hydroxyl groups is 1. The molecule has 204 valence electrons. The summed E-state index contributed by atoms with van der Waals surface area (Å²) in [5.74, 6) is -2.14. The van der Waals surface area contributed by atoms with E-state index in [1.807, 2.05) is 13.8 Å². The third kappa shape index (κ3) is 4.18. The van der Waals surface area contributed by atoms with Gasteiger partial charge < -0.3 is 24.2 Å². The molecule has 0 aromatic carbocycles. The SMILES string of the molecule is C=CCN(/C=C1/C(=O)OC[C@]2(C)C1=C(C(O)OC)C(=O)C1=C2C(OC(C)=O)C[C@]2(C)C(=O)CCC12)CC=C. The maximum atomic E-state index is 14.3. The largest absolute Gasteiger partial charge is 0.461 e. The van der Waals surface area contributed by atoms with Crippen LogP contribution >= 0.6 is 0 Å². The molecule has 0 spiro atoms. The number of aliphatic hydroxyl groups excluding tert-OH is 1. The average molecular weight is 526 g/mol. The molecule has 38 heavy (non-hydrogen) atoms. The third-order valence-electron chi connectivity index (χ3n) is 8.34. The van der Waals surface area contributed by atoms with Crippen LogP contribution in [0, 0.1) is 16.7 Å². The van der Waals surface area contributed by atoms with Crippen molar-refractivity contribution >= 4 is 23.5 Å². The lowest BCUT2D eigenvalue weighted by Gasteiger charge is -2.51. The first-order chi connectivity index (χ1) is 17.9. The molecular weight excluding hydrogens is 490 g/mol. The number of allylic oxidation sites excluding steroid dienone is 1. The van der Waals surface area contributed by atoms with E-state index in [-0.39, 0.29) is 35.5 Å². The number of hydrogen-bond donors (Lipinski definition) is 1. The Hall–Kier alpha value is -3.30. The molecule has 1 saturated carbocycles. The summed E-state index contributed by atoms with van der Waals surface area (Å²) >= 11 is 0. The number of cyclic esters (lactones) is 1. The highest BCUT2D eigenvalue weighted by atomic mass is 16.6. The molecule has 1 heterocycles. The number of rotatable bonds is 8. The molecule has 4 aliphatic rings. The summed E-state index contributed by atoms with van der Waals surface area (Å²) in [5.41, 5.74) is -0.868. The maximum absolute atomic E-state index is 14.3. The van der Waals surface area contributed by atoms with Crippen molar-refractivity contribution in [1.82, 2.24) is 4.90 Å². The van der Waals surface area contributed by atoms with Gasteiger partial charge in [0.05, 0.1) is 16.6 Å². The van der Waals surface area contributed by atoms with Crippen molar-refractivity contribution in [2.24, 2.45) is 16.7 Å². The van der Waals surface area contributed by atoms with Gasteiger partial charge in [-0.3, -0.25) is 14.4 Å². The van der Waals surface area contributed by atoms with Crippen LogP contribution in [0.2, 0.25) is 0 Å². The van der Waals surface area contributed by atoms with Crippen LogP contribution in [0.4, 0.5) is 0 Å². The molecule has 0 bridgehead atoms. The molecule has 1 N–H and O–H groups in total. The Morgan fingerprint density at radius 3 is 2.47 bits per heavy atom. The van der Waals surface area contributed by atoms with E-state index in [0.717, 1.165) is 0 Å². The highest BCUT2D eigenvalue weighted by Crippen LogP contribution is 2.61. The Kier molecular flexibility index (Phi) is 7.38. The minimum Gasteiger partial charge on any atom is -0.461 e. The zero-order valence-electron chi connectivity index (χ0n) is 22.4. The second-order valence-corrected chi connectivity index (χ2v) is 10.7. The monoisotopic (exact) mass is 525 g/mol. The van der Waals surface area contributed by atoms with Gasteiger partial charge in [0.15, 0.2) is 12.1 Å². The first-order valence-electron chi connectivity index (χ1n) is 12.7. The number of Topliss-reactive ketones (excluding diaryl/α,β-unsaturated/α-hetero) is 2. The average Bonchev–Trinajstić information content (AvgIpc) is 3.15. The van der Waals surface area contributed by atoms with Crippen molar-refractivity contribution in [2.45, 2.75) is 52.4 Å². The summed E-state index contributed by atoms with van der Waals surface area (Å²) in [6, 6.07) is 0. The van der Waals surface area contributed by atoms with Crippen LogP contribution < -0.4 is 0 Å². The van der Waals surface area contributed by atoms with Gasteiger partial charge in [0.25, 0.3) is 0 Å². The number of hydrogen-bond acceptors (Lipinski definition) is 9. The predicted octanol–water partition coefficient (Wildman–Crippen LogP) is 2.57. The summed E-state index contributed by atoms with van der Waals surface area (Å²) in [7, 11) is 1.27. The van der Waals surface area contributed by atoms with Crippen LogP contribution in [-0.4, -0.2) is 72.7 Å². The molecule has 2 fully saturated rings. The van der Waals surface area contributed by atoms with E-state index in [0.29, 0.717) is 37.1 Å². The normalized spacial score (nSPS) is 32.3. The molecule has 3 unspecified atom stereocenters. The summed E-state index contributed by atoms with van der Waals surface area (Å²) in [6.45, 7) is 13.1. The number of methoxy groups -OCH3 is 1. The smallest absolute Gasteiger partial charge is 0.339 e. The molecule has 0 amide bonds. The van der Waals surface area contributed by atoms with Crippen molar-refractivity contribution in [3.05, 3.63) is 59.4 Å². The molecule has 5 atom stereocenters. The van der Waals surface area contributed by atoms with Gasteiger partial charge in [-0.2, -0.15) is 0 Å². The van der Waals surface area contributed by atoms with Gasteiger partial charge in [-0.25, -0.2) is 4.79 Å². The van der Waals surface area contributed by atoms with E-state index >= 15 is 0 Å². The first kappa shape index (κ1) is 27.7. The van der Waals surface area contributed by atoms with Crippen molar-refractivity contribution in [3.8, 4) is 0 Å². The highest BCUT2D eigenvalue weighted by molar-refractivity contribution is 6.15. The molecular formula is C29H35NO8. The minimum atomic E-state index is -1.63. The van der Waals surface area contributed by atoms with E-state index in [4.69, 9.17) is 14.2 Å². The number of carbonyl (C=O) groups is 4. The van der Waals surface area contributed by atoms with Gasteiger partial charge in [0.2, 0.25) is 0 Å². The molecule has 0 aromatic heterocycles. The molecule has 0 radical (unpaired) electrons. The van der Waals surface area contributed by atoms with E-state index in [1.165, 1.54) is 14.0 Å². The Labute approximate surface area is 222 Å². The molecule has 0 aromatic rings. The summed E-state index contributed by atoms with van der Waals surface area (Å²) < 4.78 is 16.7. The van der Waals surface area contributed by atoms with Crippen molar-refractivity contribution in [3.63, 3.8) is 0 Å². The van der Waals surface area contributed by atoms with Crippen molar-refractivity contribution < 1.29 is 38.5 Å². The fraction of sp³-hybridized carbons (Fsp3) is 0.517. The van der Waals surface area contributed by atoms with Gasteiger partial charge in [-0.05, 0) is 24.5 Å². The summed E-state index contributed by atoms with van der Waals surface area (Å²) in [4.78, 5) is 54.6. The second-order valence-electron chi connectivity index (χ2n) is 10.7. The van der Waals surface area contributed by atoms with Crippen molar-refractivity contribution in [2.75, 3.05) is 26.8 Å². The fourth-order valence-corrected chi connectivity index (χ4v) is 6.71. The lowest BCUT2D eigenvalue weighted by Crippen LogP contribution is -2.53. The van der Waals surface area contributed by atoms with Crippen LogP contribution in [0.3, 0.4) is 0 Å². The second kappa shape index (κ2) is 10.1. The molecule has 4 rings (SSSR count). The van der Waals surface area contributed by atoms with Gasteiger partial charge in [0.1, 0.15) is 18.5 Å². The van der Waals surface area contributed by atoms with Gasteiger partial charge in [0, 0.05) is 63.1 Å². The highest BCUT2D eigenvalue weighted by Gasteiger charge is 2.62. The summed E-state index contributed by atoms with van der Waals surface area (Å²) in [5, 5.41) is 11.0. The standard InChI is InChI=1S/C29H35NO8/c1-7-11-30(12-8-2)14-17-23-22(27(35)36-6)25(33)21-18-9-10-20(32)28(18,4)13-19(38-16(3)31)24(21)29(23,5)15-37-26(17)34/h7-8,14,18-19,27,35H,1-2,9-13,15H2,3-6H3/b17-14+/t18?,19?,27?,28-,29+/m0/s1. The molecule has 9 nitrogen and oxygen atoms in total. The van der Waals surface area contributed by atoms with Crippen molar-refractivity contribution in [1.29, 1.82) is 0 Å². The Bertz CT molecular complexity index is 1200. The Morgan fingerprint density at radius 2 is 1.89 bits per heavy atom. The zero-order valence-corrected chi connectivity index (χ0v) is 22.4. The minimum absolute atomic E-state index is 0.00733. The van der Waals surface area contributed by atoms with E-state index < -0.39 is 46.9 Å². The van der Waals surface area contributed by atoms with Crippen LogP contribution in [-0.2, 0) is 33.4 Å². The van der Waals surface area contributed by atoms with Crippen LogP contribution in [0.1, 0.15) is 40.0 Å². The van der Waals surface area contributed by atoms with E-state index in [2.05, 4.69) is 13.2 Å². The number of esters is 2. The molecule has 3 aliphatic carbocycles. The predicted molar refractivity (Wildman–Crippen MR) is 137 cm³/mol. The fourth-order valence-electron chi connectivity index (χ4n) is 6.71. The number of nitrogens with zero attached hydrogens (tertiary/aromatic N) is 1. The molecule has 1 saturated heterocycles. The van der Waals surface area contributed by atoms with Gasteiger partial charge in [-0.1, -0.05) is 19.1 Å². The topological polar surface area (TPSA) is 119 Å². The Morgan fingerprint density at radius 1 is 1.24 bits per heavy atom. The number of ether oxygens (including phenoxy) is 3. The third-order valence-corrected chi connectivity index (χ3v) is 8.34. The van der Waals surface area contributed by atoms with E-state index in [9.17, 15) is 24.3 Å². The molecule has 1 aliphatic heterocycles. The zero-order chi connectivity index (χ0) is 28.0. The maximum Gasteiger partial charge on any atom is 0.339 e. The number of fused-ring (bicyclic) bond motifs is 4. The summed E-state index contributed by atoms with van der Waals surface area (Å²) in [6.07, 6.45) is 3.36. The first-order valence-corrected chi connectivity index (χ1v) is 12.7.